The Morgan fingerprint density at radius 1 is 1.25 bits per heavy atom. The minimum atomic E-state index is -1.05. The molecule has 1 heterocycles. The molecular formula is C18H15FN2O2S. The Balaban J connectivity index is 1.66. The van der Waals surface area contributed by atoms with Crippen LogP contribution in [0.15, 0.2) is 60.1 Å². The van der Waals surface area contributed by atoms with Gasteiger partial charge in [-0.2, -0.15) is 0 Å². The predicted octanol–water partition coefficient (Wildman–Crippen LogP) is 4.01. The zero-order valence-electron chi connectivity index (χ0n) is 12.6. The molecule has 1 unspecified atom stereocenters. The molecule has 1 amide bonds. The smallest absolute Gasteiger partial charge is 0.227 e. The van der Waals surface area contributed by atoms with Gasteiger partial charge in [0, 0.05) is 22.8 Å². The summed E-state index contributed by atoms with van der Waals surface area (Å²) in [5.74, 6) is -0.786. The van der Waals surface area contributed by atoms with E-state index in [1.54, 1.807) is 18.3 Å². The minimum absolute atomic E-state index is 0.148. The summed E-state index contributed by atoms with van der Waals surface area (Å²) in [5, 5.41) is 15.6. The summed E-state index contributed by atoms with van der Waals surface area (Å²) in [5.41, 5.74) is 1.91. The summed E-state index contributed by atoms with van der Waals surface area (Å²) in [6, 6.07) is 12.9. The van der Waals surface area contributed by atoms with Crippen molar-refractivity contribution in [1.29, 1.82) is 0 Å². The van der Waals surface area contributed by atoms with Crippen molar-refractivity contribution in [2.45, 2.75) is 12.5 Å². The maximum Gasteiger partial charge on any atom is 0.227 e. The van der Waals surface area contributed by atoms with E-state index in [0.29, 0.717) is 11.3 Å². The number of carbonyl (C=O) groups is 1. The summed E-state index contributed by atoms with van der Waals surface area (Å²) >= 11 is 1.51. The van der Waals surface area contributed by atoms with Gasteiger partial charge in [0.25, 0.3) is 0 Å². The van der Waals surface area contributed by atoms with Gasteiger partial charge in [-0.25, -0.2) is 9.37 Å². The van der Waals surface area contributed by atoms with Gasteiger partial charge in [0.05, 0.1) is 12.5 Å². The number of carbonyl (C=O) groups excluding carboxylic acids is 1. The lowest BCUT2D eigenvalue weighted by molar-refractivity contribution is -0.118. The average molecular weight is 342 g/mol. The summed E-state index contributed by atoms with van der Waals surface area (Å²) < 4.78 is 13.2. The first-order valence-corrected chi connectivity index (χ1v) is 8.23. The van der Waals surface area contributed by atoms with Gasteiger partial charge in [0.15, 0.2) is 0 Å². The molecule has 2 N–H and O–H groups in total. The second kappa shape index (κ2) is 7.33. The maximum atomic E-state index is 13.2. The monoisotopic (exact) mass is 342 g/mol. The van der Waals surface area contributed by atoms with Crippen molar-refractivity contribution in [3.05, 3.63) is 71.5 Å². The van der Waals surface area contributed by atoms with Gasteiger partial charge in [-0.05, 0) is 29.8 Å². The van der Waals surface area contributed by atoms with Gasteiger partial charge in [0.2, 0.25) is 5.91 Å². The third-order valence-corrected chi connectivity index (χ3v) is 4.26. The van der Waals surface area contributed by atoms with Crippen LogP contribution in [0.4, 0.5) is 10.1 Å². The van der Waals surface area contributed by atoms with Crippen LogP contribution in [0.3, 0.4) is 0 Å². The standard InChI is InChI=1S/C18H15FN2O2S/c19-14-5-1-3-12(9-14)16(22)11-17(23)21-15-6-2-4-13(10-15)18-20-7-8-24-18/h1-10,16,22H,11H2,(H,21,23). The molecular weight excluding hydrogens is 327 g/mol. The molecule has 3 rings (SSSR count). The van der Waals surface area contributed by atoms with E-state index in [1.165, 1.54) is 29.5 Å². The van der Waals surface area contributed by atoms with E-state index in [0.717, 1.165) is 10.6 Å². The molecule has 0 aliphatic heterocycles. The maximum absolute atomic E-state index is 13.2. The first kappa shape index (κ1) is 16.3. The molecule has 0 saturated heterocycles. The van der Waals surface area contributed by atoms with E-state index in [-0.39, 0.29) is 12.3 Å². The third-order valence-electron chi connectivity index (χ3n) is 3.44. The molecule has 0 aliphatic rings. The molecule has 3 aromatic rings. The van der Waals surface area contributed by atoms with E-state index in [2.05, 4.69) is 10.3 Å². The van der Waals surface area contributed by atoms with Crippen molar-refractivity contribution in [1.82, 2.24) is 4.98 Å². The van der Waals surface area contributed by atoms with E-state index in [1.807, 2.05) is 23.6 Å². The summed E-state index contributed by atoms with van der Waals surface area (Å²) in [7, 11) is 0. The number of hydrogen-bond donors (Lipinski definition) is 2. The molecule has 122 valence electrons. The summed E-state index contributed by atoms with van der Waals surface area (Å²) in [4.78, 5) is 16.3. The van der Waals surface area contributed by atoms with Crippen LogP contribution >= 0.6 is 11.3 Å². The van der Waals surface area contributed by atoms with E-state index < -0.39 is 11.9 Å². The largest absolute Gasteiger partial charge is 0.388 e. The number of amides is 1. The molecule has 24 heavy (non-hydrogen) atoms. The molecule has 0 bridgehead atoms. The fourth-order valence-corrected chi connectivity index (χ4v) is 2.95. The fraction of sp³-hybridized carbons (Fsp3) is 0.111. The van der Waals surface area contributed by atoms with Crippen molar-refractivity contribution in [2.24, 2.45) is 0 Å². The first-order chi connectivity index (χ1) is 11.6. The molecule has 0 saturated carbocycles. The Kier molecular flexibility index (Phi) is 4.98. The summed E-state index contributed by atoms with van der Waals surface area (Å²) in [6.45, 7) is 0. The van der Waals surface area contributed by atoms with Crippen LogP contribution in [-0.4, -0.2) is 16.0 Å². The average Bonchev–Trinajstić information content (AvgIpc) is 3.09. The van der Waals surface area contributed by atoms with E-state index in [9.17, 15) is 14.3 Å². The number of anilines is 1. The third kappa shape index (κ3) is 4.04. The molecule has 1 aromatic heterocycles. The van der Waals surface area contributed by atoms with Crippen molar-refractivity contribution in [2.75, 3.05) is 5.32 Å². The Labute approximate surface area is 142 Å². The van der Waals surface area contributed by atoms with Crippen molar-refractivity contribution < 1.29 is 14.3 Å². The SMILES string of the molecule is O=C(CC(O)c1cccc(F)c1)Nc1cccc(-c2nccs2)c1. The van der Waals surface area contributed by atoms with Gasteiger partial charge in [-0.1, -0.05) is 24.3 Å². The highest BCUT2D eigenvalue weighted by Crippen LogP contribution is 2.25. The van der Waals surface area contributed by atoms with Crippen LogP contribution < -0.4 is 5.32 Å². The number of nitrogens with zero attached hydrogens (tertiary/aromatic N) is 1. The minimum Gasteiger partial charge on any atom is -0.388 e. The quantitative estimate of drug-likeness (QED) is 0.736. The van der Waals surface area contributed by atoms with Crippen LogP contribution in [0.5, 0.6) is 0 Å². The number of benzene rings is 2. The van der Waals surface area contributed by atoms with E-state index in [4.69, 9.17) is 0 Å². The molecule has 0 fully saturated rings. The van der Waals surface area contributed by atoms with Crippen LogP contribution in [-0.2, 0) is 4.79 Å². The number of hydrogen-bond acceptors (Lipinski definition) is 4. The molecule has 1 atom stereocenters. The number of aromatic nitrogens is 1. The van der Waals surface area contributed by atoms with Crippen LogP contribution in [0.1, 0.15) is 18.1 Å². The van der Waals surface area contributed by atoms with Gasteiger partial charge in [-0.15, -0.1) is 11.3 Å². The van der Waals surface area contributed by atoms with E-state index >= 15 is 0 Å². The molecule has 4 nitrogen and oxygen atoms in total. The lowest BCUT2D eigenvalue weighted by Crippen LogP contribution is -2.15. The zero-order valence-corrected chi connectivity index (χ0v) is 13.5. The second-order valence-electron chi connectivity index (χ2n) is 5.24. The normalized spacial score (nSPS) is 11.9. The highest BCUT2D eigenvalue weighted by atomic mass is 32.1. The number of aliphatic hydroxyl groups is 1. The Bertz CT molecular complexity index is 837. The highest BCUT2D eigenvalue weighted by molar-refractivity contribution is 7.13. The van der Waals surface area contributed by atoms with Gasteiger partial charge in [-0.3, -0.25) is 4.79 Å². The number of rotatable bonds is 5. The number of aliphatic hydroxyl groups excluding tert-OH is 1. The molecule has 0 spiro atoms. The Morgan fingerprint density at radius 2 is 2.08 bits per heavy atom. The van der Waals surface area contributed by atoms with Crippen LogP contribution in [0, 0.1) is 5.82 Å². The first-order valence-electron chi connectivity index (χ1n) is 7.35. The molecule has 6 heteroatoms. The predicted molar refractivity (Wildman–Crippen MR) is 92.2 cm³/mol. The number of halogens is 1. The highest BCUT2D eigenvalue weighted by Gasteiger charge is 2.14. The molecule has 0 aliphatic carbocycles. The Hall–Kier alpha value is -2.57. The summed E-state index contributed by atoms with van der Waals surface area (Å²) in [6.07, 6.45) is 0.522. The Morgan fingerprint density at radius 3 is 2.83 bits per heavy atom. The molecule has 0 radical (unpaired) electrons. The van der Waals surface area contributed by atoms with Crippen molar-refractivity contribution >= 4 is 22.9 Å². The van der Waals surface area contributed by atoms with Gasteiger partial charge < -0.3 is 10.4 Å². The lowest BCUT2D eigenvalue weighted by atomic mass is 10.1. The van der Waals surface area contributed by atoms with Crippen LogP contribution in [0.2, 0.25) is 0 Å². The van der Waals surface area contributed by atoms with Crippen molar-refractivity contribution in [3.63, 3.8) is 0 Å². The zero-order chi connectivity index (χ0) is 16.9. The fourth-order valence-electron chi connectivity index (χ4n) is 2.32. The second-order valence-corrected chi connectivity index (χ2v) is 6.14. The number of nitrogens with one attached hydrogen (secondary N) is 1. The number of thiazole rings is 1. The van der Waals surface area contributed by atoms with Crippen LogP contribution in [0.25, 0.3) is 10.6 Å². The lowest BCUT2D eigenvalue weighted by Gasteiger charge is -2.12. The molecule has 2 aromatic carbocycles. The topological polar surface area (TPSA) is 62.2 Å². The van der Waals surface area contributed by atoms with Gasteiger partial charge >= 0.3 is 0 Å². The van der Waals surface area contributed by atoms with Crippen molar-refractivity contribution in [3.8, 4) is 10.6 Å². The van der Waals surface area contributed by atoms with Gasteiger partial charge in [0.1, 0.15) is 10.8 Å².